The summed E-state index contributed by atoms with van der Waals surface area (Å²) >= 11 is 0. The van der Waals surface area contributed by atoms with E-state index in [4.69, 9.17) is 4.74 Å². The van der Waals surface area contributed by atoms with Gasteiger partial charge in [0.05, 0.1) is 6.20 Å². The van der Waals surface area contributed by atoms with Crippen LogP contribution in [0.3, 0.4) is 0 Å². The molecule has 1 aromatic rings. The fraction of sp³-hybridized carbons (Fsp3) is 0.375. The van der Waals surface area contributed by atoms with E-state index in [-0.39, 0.29) is 36.7 Å². The first-order chi connectivity index (χ1) is 5.84. The molecule has 1 N–H and O–H groups in total. The minimum Gasteiger partial charge on any atom is -0.472 e. The van der Waals surface area contributed by atoms with Gasteiger partial charge in [0, 0.05) is 19.2 Å². The van der Waals surface area contributed by atoms with Crippen LogP contribution in [0.5, 0.6) is 5.88 Å². The summed E-state index contributed by atoms with van der Waals surface area (Å²) in [5.41, 5.74) is 0. The van der Waals surface area contributed by atoms with Crippen molar-refractivity contribution in [3.05, 3.63) is 24.1 Å². The maximum absolute atomic E-state index is 12.4. The highest BCUT2D eigenvalue weighted by Gasteiger charge is 2.18. The Bertz CT molecular complexity index is 267. The van der Waals surface area contributed by atoms with Crippen LogP contribution in [0.2, 0.25) is 0 Å². The number of nitrogens with zero attached hydrogens (tertiary/aromatic N) is 1. The van der Waals surface area contributed by atoms with E-state index in [1.165, 1.54) is 12.1 Å². The summed E-state index contributed by atoms with van der Waals surface area (Å²) in [7, 11) is 0. The molecule has 1 fully saturated rings. The lowest BCUT2D eigenvalue weighted by atomic mass is 10.2. The van der Waals surface area contributed by atoms with E-state index >= 15 is 0 Å². The summed E-state index contributed by atoms with van der Waals surface area (Å²) in [4.78, 5) is 3.78. The molecule has 0 atom stereocenters. The standard InChI is InChI=1S/C8H9FN2O.2ClH/c9-6-1-2-8(11-3-6)12-7-4-10-5-7;;/h1-3,7,10H,4-5H2;2*1H. The highest BCUT2D eigenvalue weighted by atomic mass is 35.5. The van der Waals surface area contributed by atoms with Crippen molar-refractivity contribution in [2.24, 2.45) is 0 Å². The highest BCUT2D eigenvalue weighted by Crippen LogP contribution is 2.10. The first-order valence-electron chi connectivity index (χ1n) is 3.83. The quantitative estimate of drug-likeness (QED) is 0.850. The van der Waals surface area contributed by atoms with Crippen molar-refractivity contribution in [3.8, 4) is 5.88 Å². The number of nitrogens with one attached hydrogen (secondary N) is 1. The first-order valence-corrected chi connectivity index (χ1v) is 3.83. The molecule has 0 aromatic carbocycles. The zero-order valence-corrected chi connectivity index (χ0v) is 8.91. The molecule has 80 valence electrons. The summed E-state index contributed by atoms with van der Waals surface area (Å²) in [5.74, 6) is 0.150. The fourth-order valence-electron chi connectivity index (χ4n) is 0.948. The van der Waals surface area contributed by atoms with E-state index in [2.05, 4.69) is 10.3 Å². The van der Waals surface area contributed by atoms with Gasteiger partial charge in [-0.05, 0) is 6.07 Å². The van der Waals surface area contributed by atoms with Crippen molar-refractivity contribution in [1.82, 2.24) is 10.3 Å². The number of aromatic nitrogens is 1. The van der Waals surface area contributed by atoms with Gasteiger partial charge in [0.1, 0.15) is 11.9 Å². The SMILES string of the molecule is Cl.Cl.Fc1ccc(OC2CNC2)nc1. The van der Waals surface area contributed by atoms with Crippen LogP contribution < -0.4 is 10.1 Å². The molecule has 3 nitrogen and oxygen atoms in total. The second-order valence-corrected chi connectivity index (χ2v) is 2.71. The van der Waals surface area contributed by atoms with Gasteiger partial charge in [-0.1, -0.05) is 0 Å². The third-order valence-electron chi connectivity index (χ3n) is 1.73. The monoisotopic (exact) mass is 240 g/mol. The smallest absolute Gasteiger partial charge is 0.213 e. The Morgan fingerprint density at radius 2 is 2.07 bits per heavy atom. The Labute approximate surface area is 93.9 Å². The third-order valence-corrected chi connectivity index (χ3v) is 1.73. The number of hydrogen-bond donors (Lipinski definition) is 1. The lowest BCUT2D eigenvalue weighted by molar-refractivity contribution is 0.136. The molecule has 0 aliphatic carbocycles. The number of pyridine rings is 1. The zero-order valence-electron chi connectivity index (χ0n) is 7.27. The van der Waals surface area contributed by atoms with Crippen LogP contribution in [-0.2, 0) is 0 Å². The average molecular weight is 241 g/mol. The van der Waals surface area contributed by atoms with Gasteiger partial charge >= 0.3 is 0 Å². The molecule has 0 bridgehead atoms. The number of rotatable bonds is 2. The van der Waals surface area contributed by atoms with Gasteiger partial charge in [0.2, 0.25) is 5.88 Å². The molecule has 0 unspecified atom stereocenters. The van der Waals surface area contributed by atoms with Crippen LogP contribution in [0.25, 0.3) is 0 Å². The Morgan fingerprint density at radius 1 is 1.36 bits per heavy atom. The van der Waals surface area contributed by atoms with Gasteiger partial charge in [-0.25, -0.2) is 9.37 Å². The van der Waals surface area contributed by atoms with Crippen LogP contribution in [0.1, 0.15) is 0 Å². The van der Waals surface area contributed by atoms with Gasteiger partial charge in [-0.3, -0.25) is 0 Å². The van der Waals surface area contributed by atoms with Crippen LogP contribution in [0, 0.1) is 5.82 Å². The summed E-state index contributed by atoms with van der Waals surface area (Å²) in [6.07, 6.45) is 1.35. The fourth-order valence-corrected chi connectivity index (χ4v) is 0.948. The molecule has 1 saturated heterocycles. The number of halogens is 3. The Balaban J connectivity index is 0.000000845. The van der Waals surface area contributed by atoms with Crippen molar-refractivity contribution >= 4 is 24.8 Å². The molecule has 0 saturated carbocycles. The van der Waals surface area contributed by atoms with Crippen molar-refractivity contribution in [2.75, 3.05) is 13.1 Å². The molecule has 6 heteroatoms. The van der Waals surface area contributed by atoms with E-state index in [1.54, 1.807) is 0 Å². The van der Waals surface area contributed by atoms with E-state index < -0.39 is 0 Å². The maximum atomic E-state index is 12.4. The molecule has 2 heterocycles. The van der Waals surface area contributed by atoms with E-state index in [0.717, 1.165) is 19.3 Å². The van der Waals surface area contributed by atoms with E-state index in [0.29, 0.717) is 5.88 Å². The summed E-state index contributed by atoms with van der Waals surface area (Å²) in [5, 5.41) is 3.07. The normalized spacial score (nSPS) is 14.6. The summed E-state index contributed by atoms with van der Waals surface area (Å²) < 4.78 is 17.8. The molecule has 14 heavy (non-hydrogen) atoms. The molecule has 2 rings (SSSR count). The van der Waals surface area contributed by atoms with Gasteiger partial charge in [-0.15, -0.1) is 24.8 Å². The topological polar surface area (TPSA) is 34.1 Å². The Morgan fingerprint density at radius 3 is 2.50 bits per heavy atom. The van der Waals surface area contributed by atoms with Crippen LogP contribution in [0.4, 0.5) is 4.39 Å². The Kier molecular flexibility index (Phi) is 5.76. The van der Waals surface area contributed by atoms with Crippen LogP contribution >= 0.6 is 24.8 Å². The molecular formula is C8H11Cl2FN2O. The molecular weight excluding hydrogens is 230 g/mol. The van der Waals surface area contributed by atoms with Crippen LogP contribution in [0.15, 0.2) is 18.3 Å². The van der Waals surface area contributed by atoms with Gasteiger partial charge in [-0.2, -0.15) is 0 Å². The first kappa shape index (κ1) is 13.4. The third kappa shape index (κ3) is 3.29. The molecule has 1 aliphatic heterocycles. The molecule has 1 aliphatic rings. The minimum absolute atomic E-state index is 0. The summed E-state index contributed by atoms with van der Waals surface area (Å²) in [6, 6.07) is 2.88. The zero-order chi connectivity index (χ0) is 8.39. The van der Waals surface area contributed by atoms with Crippen molar-refractivity contribution in [3.63, 3.8) is 0 Å². The van der Waals surface area contributed by atoms with Gasteiger partial charge in [0.15, 0.2) is 0 Å². The Hall–Kier alpha value is -0.580. The molecule has 1 aromatic heterocycles. The van der Waals surface area contributed by atoms with Gasteiger partial charge in [0.25, 0.3) is 0 Å². The van der Waals surface area contributed by atoms with E-state index in [1.807, 2.05) is 0 Å². The lowest BCUT2D eigenvalue weighted by Crippen LogP contribution is -2.50. The largest absolute Gasteiger partial charge is 0.472 e. The lowest BCUT2D eigenvalue weighted by Gasteiger charge is -2.26. The summed E-state index contributed by atoms with van der Waals surface area (Å²) in [6.45, 7) is 1.69. The predicted molar refractivity (Wildman–Crippen MR) is 56.0 cm³/mol. The van der Waals surface area contributed by atoms with Crippen molar-refractivity contribution in [2.45, 2.75) is 6.10 Å². The second kappa shape index (κ2) is 6.01. The number of ether oxygens (including phenoxy) is 1. The molecule has 0 radical (unpaired) electrons. The maximum Gasteiger partial charge on any atom is 0.213 e. The van der Waals surface area contributed by atoms with Crippen molar-refractivity contribution in [1.29, 1.82) is 0 Å². The van der Waals surface area contributed by atoms with Crippen LogP contribution in [-0.4, -0.2) is 24.2 Å². The van der Waals surface area contributed by atoms with Crippen molar-refractivity contribution < 1.29 is 9.13 Å². The van der Waals surface area contributed by atoms with Gasteiger partial charge < -0.3 is 10.1 Å². The number of hydrogen-bond acceptors (Lipinski definition) is 3. The molecule has 0 spiro atoms. The highest BCUT2D eigenvalue weighted by molar-refractivity contribution is 5.85. The predicted octanol–water partition coefficient (Wildman–Crippen LogP) is 1.41. The second-order valence-electron chi connectivity index (χ2n) is 2.71. The van der Waals surface area contributed by atoms with E-state index in [9.17, 15) is 4.39 Å². The minimum atomic E-state index is -0.339. The molecule has 0 amide bonds. The average Bonchev–Trinajstić information content (AvgIpc) is 2.00.